The van der Waals surface area contributed by atoms with E-state index in [1.807, 2.05) is 0 Å². The number of alkyl halides is 1. The predicted molar refractivity (Wildman–Crippen MR) is 78.3 cm³/mol. The lowest BCUT2D eigenvalue weighted by Crippen LogP contribution is -2.23. The van der Waals surface area contributed by atoms with Crippen LogP contribution in [0, 0.1) is 11.2 Å². The summed E-state index contributed by atoms with van der Waals surface area (Å²) in [5.41, 5.74) is 1.75. The quantitative estimate of drug-likeness (QED) is 0.755. The van der Waals surface area contributed by atoms with E-state index in [-0.39, 0.29) is 17.3 Å². The average Bonchev–Trinajstić information content (AvgIpc) is 2.64. The van der Waals surface area contributed by atoms with Crippen molar-refractivity contribution in [1.82, 2.24) is 9.55 Å². The molecule has 4 heteroatoms. The Morgan fingerprint density at radius 3 is 2.63 bits per heavy atom. The zero-order chi connectivity index (χ0) is 14.2. The number of rotatable bonds is 3. The van der Waals surface area contributed by atoms with Gasteiger partial charge >= 0.3 is 0 Å². The highest BCUT2D eigenvalue weighted by atomic mass is 35.5. The highest BCUT2D eigenvalue weighted by Gasteiger charge is 2.25. The van der Waals surface area contributed by atoms with Crippen molar-refractivity contribution < 1.29 is 4.39 Å². The first-order chi connectivity index (χ1) is 8.84. The van der Waals surface area contributed by atoms with Crippen molar-refractivity contribution in [3.8, 4) is 0 Å². The van der Waals surface area contributed by atoms with Gasteiger partial charge in [-0.05, 0) is 30.5 Å². The van der Waals surface area contributed by atoms with Gasteiger partial charge < -0.3 is 4.57 Å². The third kappa shape index (κ3) is 2.76. The highest BCUT2D eigenvalue weighted by molar-refractivity contribution is 6.17. The fraction of sp³-hybridized carbons (Fsp3) is 0.533. The normalized spacial score (nSPS) is 14.0. The number of hydrogen-bond acceptors (Lipinski definition) is 1. The molecule has 0 fully saturated rings. The van der Waals surface area contributed by atoms with Crippen molar-refractivity contribution in [2.45, 2.75) is 40.2 Å². The lowest BCUT2D eigenvalue weighted by molar-refractivity contribution is 0.263. The molecule has 19 heavy (non-hydrogen) atoms. The molecule has 2 rings (SSSR count). The molecule has 0 amide bonds. The molecule has 0 radical (unpaired) electrons. The highest BCUT2D eigenvalue weighted by Crippen LogP contribution is 2.34. The number of benzene rings is 1. The number of aryl methyl sites for hydroxylation is 1. The molecule has 104 valence electrons. The molecule has 1 unspecified atom stereocenters. The van der Waals surface area contributed by atoms with E-state index in [4.69, 9.17) is 11.6 Å². The van der Waals surface area contributed by atoms with Crippen molar-refractivity contribution in [3.05, 3.63) is 29.8 Å². The minimum absolute atomic E-state index is 0.0704. The Bertz CT molecular complexity index is 584. The molecule has 1 aromatic carbocycles. The van der Waals surface area contributed by atoms with Gasteiger partial charge in [-0.15, -0.1) is 11.6 Å². The van der Waals surface area contributed by atoms with E-state index in [1.165, 1.54) is 6.07 Å². The summed E-state index contributed by atoms with van der Waals surface area (Å²) in [5, 5.41) is 0. The number of fused-ring (bicyclic) bond motifs is 1. The van der Waals surface area contributed by atoms with E-state index in [1.54, 1.807) is 12.1 Å². The van der Waals surface area contributed by atoms with Crippen LogP contribution in [0.2, 0.25) is 0 Å². The monoisotopic (exact) mass is 282 g/mol. The summed E-state index contributed by atoms with van der Waals surface area (Å²) < 4.78 is 15.6. The van der Waals surface area contributed by atoms with Crippen LogP contribution >= 0.6 is 11.6 Å². The summed E-state index contributed by atoms with van der Waals surface area (Å²) in [7, 11) is 0. The first-order valence-electron chi connectivity index (χ1n) is 6.57. The van der Waals surface area contributed by atoms with Crippen LogP contribution in [0.3, 0.4) is 0 Å². The van der Waals surface area contributed by atoms with Crippen molar-refractivity contribution in [1.29, 1.82) is 0 Å². The van der Waals surface area contributed by atoms with Gasteiger partial charge in [0.15, 0.2) is 0 Å². The Kier molecular flexibility index (Phi) is 3.86. The molecule has 0 N–H and O–H groups in total. The molecular weight excluding hydrogens is 263 g/mol. The molecular formula is C15H20ClFN2. The number of hydrogen-bond donors (Lipinski definition) is 0. The van der Waals surface area contributed by atoms with Gasteiger partial charge in [-0.25, -0.2) is 9.37 Å². The van der Waals surface area contributed by atoms with Crippen LogP contribution < -0.4 is 0 Å². The summed E-state index contributed by atoms with van der Waals surface area (Å²) in [4.78, 5) is 4.59. The van der Waals surface area contributed by atoms with Crippen LogP contribution in [-0.4, -0.2) is 15.4 Å². The van der Waals surface area contributed by atoms with E-state index in [2.05, 4.69) is 37.2 Å². The molecule has 2 nitrogen and oxygen atoms in total. The Morgan fingerprint density at radius 2 is 2.05 bits per heavy atom. The number of halogens is 2. The second kappa shape index (κ2) is 5.12. The minimum atomic E-state index is -0.229. The number of aromatic nitrogens is 2. The van der Waals surface area contributed by atoms with Crippen molar-refractivity contribution in [2.75, 3.05) is 5.88 Å². The standard InChI is InChI=1S/C15H20ClFN2/c1-10(15(2,3)4)19-13-9-11(17)5-6-12(13)18-14(19)7-8-16/h5-6,9-10H,7-8H2,1-4H3. The van der Waals surface area contributed by atoms with Gasteiger partial charge in [0.2, 0.25) is 0 Å². The van der Waals surface area contributed by atoms with Gasteiger partial charge in [-0.1, -0.05) is 20.8 Å². The molecule has 0 aliphatic rings. The molecule has 1 heterocycles. The maximum atomic E-state index is 13.5. The topological polar surface area (TPSA) is 17.8 Å². The zero-order valence-electron chi connectivity index (χ0n) is 11.9. The third-order valence-corrected chi connectivity index (χ3v) is 3.87. The molecule has 0 bridgehead atoms. The molecule has 0 saturated carbocycles. The Balaban J connectivity index is 2.66. The van der Waals surface area contributed by atoms with E-state index < -0.39 is 0 Å². The number of imidazole rings is 1. The minimum Gasteiger partial charge on any atom is -0.324 e. The van der Waals surface area contributed by atoms with Gasteiger partial charge in [-0.2, -0.15) is 0 Å². The van der Waals surface area contributed by atoms with Crippen LogP contribution in [0.15, 0.2) is 18.2 Å². The zero-order valence-corrected chi connectivity index (χ0v) is 12.6. The van der Waals surface area contributed by atoms with Gasteiger partial charge in [-0.3, -0.25) is 0 Å². The molecule has 0 aliphatic heterocycles. The summed E-state index contributed by atoms with van der Waals surface area (Å²) >= 11 is 5.86. The van der Waals surface area contributed by atoms with Crippen molar-refractivity contribution in [2.24, 2.45) is 5.41 Å². The molecule has 0 spiro atoms. The van der Waals surface area contributed by atoms with Gasteiger partial charge in [0.25, 0.3) is 0 Å². The van der Waals surface area contributed by atoms with Gasteiger partial charge in [0.05, 0.1) is 11.0 Å². The SMILES string of the molecule is CC(n1c(CCCl)nc2ccc(F)cc21)C(C)(C)C. The van der Waals surface area contributed by atoms with Crippen molar-refractivity contribution in [3.63, 3.8) is 0 Å². The molecule has 0 saturated heterocycles. The second-order valence-electron chi connectivity index (χ2n) is 6.01. The van der Waals surface area contributed by atoms with Gasteiger partial charge in [0.1, 0.15) is 11.6 Å². The lowest BCUT2D eigenvalue weighted by Gasteiger charge is -2.30. The fourth-order valence-electron chi connectivity index (χ4n) is 2.20. The second-order valence-corrected chi connectivity index (χ2v) is 6.39. The molecule has 1 aromatic heterocycles. The maximum Gasteiger partial charge on any atom is 0.125 e. The Hall–Kier alpha value is -1.09. The molecule has 2 aromatic rings. The third-order valence-electron chi connectivity index (χ3n) is 3.68. The predicted octanol–water partition coefficient (Wildman–Crippen LogP) is 4.56. The van der Waals surface area contributed by atoms with E-state index >= 15 is 0 Å². The van der Waals surface area contributed by atoms with Crippen LogP contribution in [0.5, 0.6) is 0 Å². The van der Waals surface area contributed by atoms with Crippen LogP contribution in [0.4, 0.5) is 4.39 Å². The van der Waals surface area contributed by atoms with Crippen LogP contribution in [0.25, 0.3) is 11.0 Å². The first kappa shape index (κ1) is 14.3. The summed E-state index contributed by atoms with van der Waals surface area (Å²) in [6, 6.07) is 4.96. The van der Waals surface area contributed by atoms with Gasteiger partial charge in [0, 0.05) is 18.3 Å². The van der Waals surface area contributed by atoms with E-state index in [0.29, 0.717) is 12.3 Å². The maximum absolute atomic E-state index is 13.5. The smallest absolute Gasteiger partial charge is 0.125 e. The Morgan fingerprint density at radius 1 is 1.37 bits per heavy atom. The Labute approximate surface area is 118 Å². The van der Waals surface area contributed by atoms with Crippen molar-refractivity contribution >= 4 is 22.6 Å². The molecule has 1 atom stereocenters. The molecule has 0 aliphatic carbocycles. The fourth-order valence-corrected chi connectivity index (χ4v) is 2.37. The average molecular weight is 283 g/mol. The van der Waals surface area contributed by atoms with E-state index in [0.717, 1.165) is 16.9 Å². The summed E-state index contributed by atoms with van der Waals surface area (Å²) in [6.07, 6.45) is 0.693. The lowest BCUT2D eigenvalue weighted by atomic mass is 9.87. The summed E-state index contributed by atoms with van der Waals surface area (Å²) in [6.45, 7) is 8.66. The largest absolute Gasteiger partial charge is 0.324 e. The first-order valence-corrected chi connectivity index (χ1v) is 7.10. The number of nitrogens with zero attached hydrogens (tertiary/aromatic N) is 2. The van der Waals surface area contributed by atoms with E-state index in [9.17, 15) is 4.39 Å². The summed E-state index contributed by atoms with van der Waals surface area (Å²) in [5.74, 6) is 1.22. The van der Waals surface area contributed by atoms with Crippen LogP contribution in [0.1, 0.15) is 39.6 Å². The van der Waals surface area contributed by atoms with Crippen LogP contribution in [-0.2, 0) is 6.42 Å².